The van der Waals surface area contributed by atoms with Gasteiger partial charge in [0, 0.05) is 16.5 Å². The van der Waals surface area contributed by atoms with E-state index in [2.05, 4.69) is 31.3 Å². The van der Waals surface area contributed by atoms with E-state index in [0.29, 0.717) is 22.9 Å². The van der Waals surface area contributed by atoms with E-state index in [1.165, 1.54) is 11.1 Å². The van der Waals surface area contributed by atoms with Gasteiger partial charge in [0.2, 0.25) is 5.91 Å². The third-order valence-corrected chi connectivity index (χ3v) is 4.68. The lowest BCUT2D eigenvalue weighted by atomic mass is 9.99. The highest BCUT2D eigenvalue weighted by molar-refractivity contribution is 6.36. The Bertz CT molecular complexity index is 665. The highest BCUT2D eigenvalue weighted by Gasteiger charge is 2.15. The molecule has 0 fully saturated rings. The fraction of sp³-hybridized carbons (Fsp3) is 0.316. The van der Waals surface area contributed by atoms with Gasteiger partial charge in [0.05, 0.1) is 6.04 Å². The fourth-order valence-corrected chi connectivity index (χ4v) is 3.24. The number of carbonyl (C=O) groups excluding carboxylic acids is 1. The van der Waals surface area contributed by atoms with E-state index in [0.717, 1.165) is 12.0 Å². The standard InChI is InChI=1S/C19H21Cl2NO/c1-3-18(14-8-5-4-7-13(14)2)22-19(23)12-11-15-16(20)9-6-10-17(15)21/h4-10,18H,3,11-12H2,1-2H3,(H,22,23)/t18-/m1/s1. The number of rotatable bonds is 6. The number of nitrogens with one attached hydrogen (secondary N) is 1. The van der Waals surface area contributed by atoms with Gasteiger partial charge in [-0.2, -0.15) is 0 Å². The molecule has 2 aromatic carbocycles. The van der Waals surface area contributed by atoms with Crippen molar-refractivity contribution in [1.82, 2.24) is 5.32 Å². The maximum atomic E-state index is 12.3. The lowest BCUT2D eigenvalue weighted by molar-refractivity contribution is -0.121. The number of hydrogen-bond donors (Lipinski definition) is 1. The summed E-state index contributed by atoms with van der Waals surface area (Å²) >= 11 is 12.3. The van der Waals surface area contributed by atoms with Crippen molar-refractivity contribution in [3.63, 3.8) is 0 Å². The first-order chi connectivity index (χ1) is 11.0. The van der Waals surface area contributed by atoms with Crippen LogP contribution in [0.25, 0.3) is 0 Å². The molecule has 0 aliphatic rings. The highest BCUT2D eigenvalue weighted by atomic mass is 35.5. The SMILES string of the molecule is CC[C@@H](NC(=O)CCc1c(Cl)cccc1Cl)c1ccccc1C. The van der Waals surface area contributed by atoms with Gasteiger partial charge in [-0.3, -0.25) is 4.79 Å². The molecule has 1 N–H and O–H groups in total. The van der Waals surface area contributed by atoms with E-state index in [9.17, 15) is 4.79 Å². The van der Waals surface area contributed by atoms with Crippen molar-refractivity contribution in [3.05, 3.63) is 69.2 Å². The Labute approximate surface area is 147 Å². The van der Waals surface area contributed by atoms with Gasteiger partial charge in [0.15, 0.2) is 0 Å². The Balaban J connectivity index is 2.00. The molecule has 0 aliphatic carbocycles. The van der Waals surface area contributed by atoms with Crippen molar-refractivity contribution >= 4 is 29.1 Å². The minimum absolute atomic E-state index is 0.0103. The largest absolute Gasteiger partial charge is 0.349 e. The molecule has 0 saturated heterocycles. The molecule has 0 radical (unpaired) electrons. The summed E-state index contributed by atoms with van der Waals surface area (Å²) in [5.74, 6) is 0.0103. The highest BCUT2D eigenvalue weighted by Crippen LogP contribution is 2.26. The molecule has 1 amide bonds. The minimum Gasteiger partial charge on any atom is -0.349 e. The summed E-state index contributed by atoms with van der Waals surface area (Å²) in [6.07, 6.45) is 1.75. The summed E-state index contributed by atoms with van der Waals surface area (Å²) in [5, 5.41) is 4.32. The molecule has 0 saturated carbocycles. The molecule has 0 bridgehead atoms. The molecule has 0 aliphatic heterocycles. The first kappa shape index (κ1) is 17.8. The van der Waals surface area contributed by atoms with Gasteiger partial charge in [-0.1, -0.05) is 60.5 Å². The smallest absolute Gasteiger partial charge is 0.220 e. The van der Waals surface area contributed by atoms with E-state index in [1.54, 1.807) is 18.2 Å². The second kappa shape index (κ2) is 8.37. The first-order valence-corrected chi connectivity index (χ1v) is 8.56. The molecule has 23 heavy (non-hydrogen) atoms. The molecule has 1 atom stereocenters. The van der Waals surface area contributed by atoms with E-state index < -0.39 is 0 Å². The number of carbonyl (C=O) groups is 1. The quantitative estimate of drug-likeness (QED) is 0.732. The van der Waals surface area contributed by atoms with Crippen LogP contribution in [-0.4, -0.2) is 5.91 Å². The van der Waals surface area contributed by atoms with Crippen LogP contribution in [0.4, 0.5) is 0 Å². The Morgan fingerprint density at radius 1 is 1.09 bits per heavy atom. The maximum absolute atomic E-state index is 12.3. The zero-order valence-corrected chi connectivity index (χ0v) is 14.9. The van der Waals surface area contributed by atoms with Crippen molar-refractivity contribution < 1.29 is 4.79 Å². The first-order valence-electron chi connectivity index (χ1n) is 7.80. The van der Waals surface area contributed by atoms with E-state index in [1.807, 2.05) is 12.1 Å². The van der Waals surface area contributed by atoms with Crippen molar-refractivity contribution in [2.24, 2.45) is 0 Å². The van der Waals surface area contributed by atoms with Crippen LogP contribution in [0, 0.1) is 6.92 Å². The van der Waals surface area contributed by atoms with Crippen LogP contribution < -0.4 is 5.32 Å². The number of benzene rings is 2. The minimum atomic E-state index is 0.0103. The van der Waals surface area contributed by atoms with Crippen LogP contribution in [0.3, 0.4) is 0 Å². The lowest BCUT2D eigenvalue weighted by Crippen LogP contribution is -2.28. The molecular weight excluding hydrogens is 329 g/mol. The number of hydrogen-bond acceptors (Lipinski definition) is 1. The summed E-state index contributed by atoms with van der Waals surface area (Å²) in [6, 6.07) is 13.6. The second-order valence-electron chi connectivity index (χ2n) is 5.59. The third-order valence-electron chi connectivity index (χ3n) is 3.97. The lowest BCUT2D eigenvalue weighted by Gasteiger charge is -2.19. The Kier molecular flexibility index (Phi) is 6.49. The van der Waals surface area contributed by atoms with Crippen LogP contribution in [0.5, 0.6) is 0 Å². The maximum Gasteiger partial charge on any atom is 0.220 e. The zero-order chi connectivity index (χ0) is 16.8. The normalized spacial score (nSPS) is 12.0. The molecule has 2 nitrogen and oxygen atoms in total. The summed E-state index contributed by atoms with van der Waals surface area (Å²) < 4.78 is 0. The Morgan fingerprint density at radius 3 is 2.35 bits per heavy atom. The van der Waals surface area contributed by atoms with Gasteiger partial charge in [-0.05, 0) is 48.6 Å². The summed E-state index contributed by atoms with van der Waals surface area (Å²) in [7, 11) is 0. The average Bonchev–Trinajstić information content (AvgIpc) is 2.53. The van der Waals surface area contributed by atoms with Crippen LogP contribution in [0.1, 0.15) is 42.5 Å². The van der Waals surface area contributed by atoms with Crippen molar-refractivity contribution in [2.75, 3.05) is 0 Å². The number of aryl methyl sites for hydroxylation is 1. The van der Waals surface area contributed by atoms with Crippen LogP contribution in [0.15, 0.2) is 42.5 Å². The van der Waals surface area contributed by atoms with Gasteiger partial charge < -0.3 is 5.32 Å². The van der Waals surface area contributed by atoms with E-state index in [-0.39, 0.29) is 11.9 Å². The van der Waals surface area contributed by atoms with E-state index >= 15 is 0 Å². The molecule has 0 heterocycles. The van der Waals surface area contributed by atoms with Crippen LogP contribution in [-0.2, 0) is 11.2 Å². The zero-order valence-electron chi connectivity index (χ0n) is 13.4. The van der Waals surface area contributed by atoms with Crippen molar-refractivity contribution in [2.45, 2.75) is 39.2 Å². The van der Waals surface area contributed by atoms with Gasteiger partial charge in [-0.25, -0.2) is 0 Å². The Hall–Kier alpha value is -1.51. The van der Waals surface area contributed by atoms with Gasteiger partial charge in [0.25, 0.3) is 0 Å². The molecule has 0 spiro atoms. The number of halogens is 2. The predicted molar refractivity (Wildman–Crippen MR) is 97.1 cm³/mol. The Morgan fingerprint density at radius 2 is 1.74 bits per heavy atom. The molecule has 122 valence electrons. The number of amides is 1. The molecule has 2 aromatic rings. The monoisotopic (exact) mass is 349 g/mol. The van der Waals surface area contributed by atoms with Crippen LogP contribution in [0.2, 0.25) is 10.0 Å². The van der Waals surface area contributed by atoms with Gasteiger partial charge >= 0.3 is 0 Å². The fourth-order valence-electron chi connectivity index (χ4n) is 2.65. The molecular formula is C19H21Cl2NO. The molecule has 2 rings (SSSR count). The molecule has 0 aromatic heterocycles. The second-order valence-corrected chi connectivity index (χ2v) is 6.40. The van der Waals surface area contributed by atoms with Crippen molar-refractivity contribution in [3.8, 4) is 0 Å². The predicted octanol–water partition coefficient (Wildman–Crippen LogP) is 5.50. The van der Waals surface area contributed by atoms with Gasteiger partial charge in [-0.15, -0.1) is 0 Å². The molecule has 4 heteroatoms. The van der Waals surface area contributed by atoms with Crippen molar-refractivity contribution in [1.29, 1.82) is 0 Å². The summed E-state index contributed by atoms with van der Waals surface area (Å²) in [5.41, 5.74) is 3.18. The van der Waals surface area contributed by atoms with E-state index in [4.69, 9.17) is 23.2 Å². The average molecular weight is 350 g/mol. The molecule has 0 unspecified atom stereocenters. The third kappa shape index (κ3) is 4.73. The summed E-state index contributed by atoms with van der Waals surface area (Å²) in [4.78, 5) is 12.3. The summed E-state index contributed by atoms with van der Waals surface area (Å²) in [6.45, 7) is 4.13. The van der Waals surface area contributed by atoms with Gasteiger partial charge in [0.1, 0.15) is 0 Å². The van der Waals surface area contributed by atoms with Crippen LogP contribution >= 0.6 is 23.2 Å². The topological polar surface area (TPSA) is 29.1 Å².